The van der Waals surface area contributed by atoms with Gasteiger partial charge in [0, 0.05) is 45.7 Å². The van der Waals surface area contributed by atoms with Crippen LogP contribution in [0.2, 0.25) is 0 Å². The van der Waals surface area contributed by atoms with E-state index in [2.05, 4.69) is 20.0 Å². The quantitative estimate of drug-likeness (QED) is 0.835. The van der Waals surface area contributed by atoms with E-state index < -0.39 is 0 Å². The summed E-state index contributed by atoms with van der Waals surface area (Å²) in [7, 11) is 3.97. The standard InChI is InChI=1S/C16H22N6O/c1-11-18-15(20-23-11)22-8-4-6-16(10-22)7-5-12-9-17-14(21(2)3)19-13(12)16/h9H,4-8,10H2,1-3H3. The number of hydrogen-bond acceptors (Lipinski definition) is 7. The van der Waals surface area contributed by atoms with Crippen LogP contribution in [-0.4, -0.2) is 47.3 Å². The lowest BCUT2D eigenvalue weighted by Crippen LogP contribution is -2.46. The van der Waals surface area contributed by atoms with Gasteiger partial charge in [0.05, 0.1) is 5.69 Å². The Bertz CT molecular complexity index is 723. The molecule has 1 spiro atoms. The first-order valence-electron chi connectivity index (χ1n) is 8.16. The topological polar surface area (TPSA) is 71.2 Å². The van der Waals surface area contributed by atoms with Gasteiger partial charge in [-0.1, -0.05) is 0 Å². The van der Waals surface area contributed by atoms with Gasteiger partial charge in [-0.25, -0.2) is 9.97 Å². The van der Waals surface area contributed by atoms with Gasteiger partial charge in [0.25, 0.3) is 5.95 Å². The number of aromatic nitrogens is 4. The smallest absolute Gasteiger partial charge is 0.266 e. The highest BCUT2D eigenvalue weighted by molar-refractivity contribution is 5.42. The van der Waals surface area contributed by atoms with Crippen LogP contribution in [0.3, 0.4) is 0 Å². The summed E-state index contributed by atoms with van der Waals surface area (Å²) in [5.74, 6) is 2.11. The van der Waals surface area contributed by atoms with Crippen LogP contribution in [0, 0.1) is 6.92 Å². The molecule has 1 aliphatic carbocycles. The monoisotopic (exact) mass is 314 g/mol. The molecule has 0 N–H and O–H groups in total. The summed E-state index contributed by atoms with van der Waals surface area (Å²) in [5.41, 5.74) is 2.61. The number of anilines is 2. The average Bonchev–Trinajstić information content (AvgIpc) is 3.12. The molecule has 2 aromatic heterocycles. The van der Waals surface area contributed by atoms with Crippen molar-refractivity contribution in [2.75, 3.05) is 37.0 Å². The average molecular weight is 314 g/mol. The van der Waals surface area contributed by atoms with Crippen LogP contribution in [-0.2, 0) is 11.8 Å². The Hall–Kier alpha value is -2.18. The van der Waals surface area contributed by atoms with Crippen molar-refractivity contribution in [3.05, 3.63) is 23.3 Å². The summed E-state index contributed by atoms with van der Waals surface area (Å²) in [6, 6.07) is 0. The Morgan fingerprint density at radius 2 is 2.13 bits per heavy atom. The number of aryl methyl sites for hydroxylation is 2. The molecule has 7 nitrogen and oxygen atoms in total. The molecular formula is C16H22N6O. The maximum absolute atomic E-state index is 5.15. The summed E-state index contributed by atoms with van der Waals surface area (Å²) in [6.07, 6.45) is 6.47. The lowest BCUT2D eigenvalue weighted by atomic mass is 9.77. The van der Waals surface area contributed by atoms with Gasteiger partial charge < -0.3 is 14.3 Å². The van der Waals surface area contributed by atoms with E-state index >= 15 is 0 Å². The Labute approximate surface area is 135 Å². The fourth-order valence-corrected chi connectivity index (χ4v) is 3.86. The van der Waals surface area contributed by atoms with Crippen LogP contribution in [0.4, 0.5) is 11.9 Å². The van der Waals surface area contributed by atoms with Crippen molar-refractivity contribution in [1.82, 2.24) is 20.1 Å². The first-order valence-corrected chi connectivity index (χ1v) is 8.16. The zero-order chi connectivity index (χ0) is 16.0. The van der Waals surface area contributed by atoms with Gasteiger partial charge >= 0.3 is 0 Å². The molecular weight excluding hydrogens is 292 g/mol. The molecule has 0 amide bonds. The minimum atomic E-state index is 0.0931. The van der Waals surface area contributed by atoms with Crippen molar-refractivity contribution >= 4 is 11.9 Å². The fraction of sp³-hybridized carbons (Fsp3) is 0.625. The van der Waals surface area contributed by atoms with Crippen molar-refractivity contribution in [3.63, 3.8) is 0 Å². The van der Waals surface area contributed by atoms with Crippen LogP contribution in [0.15, 0.2) is 10.7 Å². The van der Waals surface area contributed by atoms with E-state index in [1.807, 2.05) is 32.1 Å². The molecule has 1 fully saturated rings. The SMILES string of the molecule is Cc1nc(N2CCCC3(CCc4cnc(N(C)C)nc43)C2)no1. The van der Waals surface area contributed by atoms with E-state index in [1.54, 1.807) is 0 Å². The molecule has 122 valence electrons. The van der Waals surface area contributed by atoms with Crippen molar-refractivity contribution < 1.29 is 4.52 Å². The van der Waals surface area contributed by atoms with Crippen molar-refractivity contribution in [3.8, 4) is 0 Å². The predicted octanol–water partition coefficient (Wildman–Crippen LogP) is 1.72. The van der Waals surface area contributed by atoms with Gasteiger partial charge in [-0.2, -0.15) is 4.98 Å². The molecule has 0 radical (unpaired) electrons. The molecule has 3 heterocycles. The van der Waals surface area contributed by atoms with Crippen LogP contribution in [0.25, 0.3) is 0 Å². The number of fused-ring (bicyclic) bond motifs is 2. The predicted molar refractivity (Wildman–Crippen MR) is 86.8 cm³/mol. The molecule has 0 aromatic carbocycles. The minimum absolute atomic E-state index is 0.0931. The molecule has 1 saturated heterocycles. The van der Waals surface area contributed by atoms with Crippen LogP contribution in [0.1, 0.15) is 36.4 Å². The van der Waals surface area contributed by atoms with E-state index in [-0.39, 0.29) is 5.41 Å². The van der Waals surface area contributed by atoms with Crippen LogP contribution < -0.4 is 9.80 Å². The molecule has 1 aliphatic heterocycles. The summed E-state index contributed by atoms with van der Waals surface area (Å²) in [6.45, 7) is 3.71. The highest BCUT2D eigenvalue weighted by Gasteiger charge is 2.44. The number of rotatable bonds is 2. The lowest BCUT2D eigenvalue weighted by Gasteiger charge is -2.40. The highest BCUT2D eigenvalue weighted by Crippen LogP contribution is 2.44. The van der Waals surface area contributed by atoms with Gasteiger partial charge in [0.15, 0.2) is 0 Å². The number of hydrogen-bond donors (Lipinski definition) is 0. The van der Waals surface area contributed by atoms with Gasteiger partial charge in [0.1, 0.15) is 0 Å². The van der Waals surface area contributed by atoms with Crippen LogP contribution >= 0.6 is 0 Å². The molecule has 2 aromatic rings. The van der Waals surface area contributed by atoms with Crippen molar-refractivity contribution in [2.24, 2.45) is 0 Å². The van der Waals surface area contributed by atoms with Gasteiger partial charge in [0.2, 0.25) is 11.8 Å². The number of piperidine rings is 1. The third kappa shape index (κ3) is 2.34. The Morgan fingerprint density at radius 1 is 1.26 bits per heavy atom. The van der Waals surface area contributed by atoms with Gasteiger partial charge in [-0.05, 0) is 36.4 Å². The van der Waals surface area contributed by atoms with Gasteiger partial charge in [-0.15, -0.1) is 0 Å². The van der Waals surface area contributed by atoms with Crippen molar-refractivity contribution in [1.29, 1.82) is 0 Å². The maximum Gasteiger partial charge on any atom is 0.266 e. The minimum Gasteiger partial charge on any atom is -0.347 e. The fourth-order valence-electron chi connectivity index (χ4n) is 3.86. The van der Waals surface area contributed by atoms with E-state index in [4.69, 9.17) is 9.51 Å². The largest absolute Gasteiger partial charge is 0.347 e. The second-order valence-corrected chi connectivity index (χ2v) is 6.86. The third-order valence-corrected chi connectivity index (χ3v) is 5.00. The molecule has 0 bridgehead atoms. The second kappa shape index (κ2) is 5.18. The van der Waals surface area contributed by atoms with E-state index in [9.17, 15) is 0 Å². The lowest BCUT2D eigenvalue weighted by molar-refractivity contribution is 0.328. The maximum atomic E-state index is 5.15. The summed E-state index contributed by atoms with van der Waals surface area (Å²) in [4.78, 5) is 18.0. The number of nitrogens with zero attached hydrogens (tertiary/aromatic N) is 6. The van der Waals surface area contributed by atoms with E-state index in [0.29, 0.717) is 11.8 Å². The molecule has 7 heteroatoms. The molecule has 1 atom stereocenters. The zero-order valence-corrected chi connectivity index (χ0v) is 13.9. The summed E-state index contributed by atoms with van der Waals surface area (Å²) in [5, 5.41) is 4.09. The molecule has 23 heavy (non-hydrogen) atoms. The Balaban J connectivity index is 1.68. The summed E-state index contributed by atoms with van der Waals surface area (Å²) >= 11 is 0. The summed E-state index contributed by atoms with van der Waals surface area (Å²) < 4.78 is 5.15. The van der Waals surface area contributed by atoms with Crippen molar-refractivity contribution in [2.45, 2.75) is 38.0 Å². The molecule has 1 unspecified atom stereocenters. The first kappa shape index (κ1) is 14.4. The molecule has 4 rings (SSSR count). The first-order chi connectivity index (χ1) is 11.1. The zero-order valence-electron chi connectivity index (χ0n) is 13.9. The molecule has 0 saturated carbocycles. The normalized spacial score (nSPS) is 23.3. The highest BCUT2D eigenvalue weighted by atomic mass is 16.5. The molecule has 2 aliphatic rings. The van der Waals surface area contributed by atoms with E-state index in [1.165, 1.54) is 11.3 Å². The Morgan fingerprint density at radius 3 is 2.87 bits per heavy atom. The Kier molecular flexibility index (Phi) is 3.25. The van der Waals surface area contributed by atoms with Gasteiger partial charge in [-0.3, -0.25) is 0 Å². The third-order valence-electron chi connectivity index (χ3n) is 5.00. The van der Waals surface area contributed by atoms with E-state index in [0.717, 1.165) is 44.7 Å². The van der Waals surface area contributed by atoms with Crippen LogP contribution in [0.5, 0.6) is 0 Å². The second-order valence-electron chi connectivity index (χ2n) is 6.86.